The molecule has 1 atom stereocenters. The number of rotatable bonds is 0. The third-order valence-electron chi connectivity index (χ3n) is 5.54. The highest BCUT2D eigenvalue weighted by atomic mass is 15.0. The second-order valence-corrected chi connectivity index (χ2v) is 6.76. The van der Waals surface area contributed by atoms with Gasteiger partial charge in [-0.3, -0.25) is 4.99 Å². The molecule has 1 spiro atoms. The van der Waals surface area contributed by atoms with E-state index in [1.54, 1.807) is 0 Å². The molecule has 2 fully saturated rings. The molecule has 3 aliphatic rings. The molecular formula is C18H24N2. The first-order valence-corrected chi connectivity index (χ1v) is 8.32. The van der Waals surface area contributed by atoms with Gasteiger partial charge in [0, 0.05) is 17.2 Å². The zero-order chi connectivity index (χ0) is 13.4. The highest BCUT2D eigenvalue weighted by Crippen LogP contribution is 2.46. The van der Waals surface area contributed by atoms with E-state index in [9.17, 15) is 0 Å². The zero-order valence-electron chi connectivity index (χ0n) is 12.2. The van der Waals surface area contributed by atoms with Crippen LogP contribution in [0.2, 0.25) is 0 Å². The van der Waals surface area contributed by atoms with Gasteiger partial charge in [0.2, 0.25) is 0 Å². The van der Waals surface area contributed by atoms with Crippen LogP contribution < -0.4 is 5.32 Å². The third-order valence-corrected chi connectivity index (χ3v) is 5.54. The Kier molecular flexibility index (Phi) is 3.05. The molecule has 2 saturated carbocycles. The number of hydrogen-bond donors (Lipinski definition) is 1. The van der Waals surface area contributed by atoms with Gasteiger partial charge in [0.1, 0.15) is 0 Å². The Hall–Kier alpha value is -1.31. The minimum Gasteiger partial charge on any atom is -0.377 e. The van der Waals surface area contributed by atoms with Crippen LogP contribution in [0.25, 0.3) is 0 Å². The fourth-order valence-electron chi connectivity index (χ4n) is 4.57. The zero-order valence-corrected chi connectivity index (χ0v) is 12.2. The minimum atomic E-state index is 0.296. The Morgan fingerprint density at radius 3 is 2.75 bits per heavy atom. The van der Waals surface area contributed by atoms with Crippen molar-refractivity contribution in [3.05, 3.63) is 24.3 Å². The molecule has 106 valence electrons. The molecule has 0 aromatic heterocycles. The SMILES string of the molecule is c1ccc2c(c1)N=C1CCCC[C@@H]1C1(CCCCC1)N2. The molecule has 1 heterocycles. The van der Waals surface area contributed by atoms with Crippen LogP contribution in [0.5, 0.6) is 0 Å². The van der Waals surface area contributed by atoms with Gasteiger partial charge in [0.25, 0.3) is 0 Å². The van der Waals surface area contributed by atoms with Crippen molar-refractivity contribution in [1.82, 2.24) is 0 Å². The molecule has 1 N–H and O–H groups in total. The number of para-hydroxylation sites is 2. The molecule has 1 aliphatic heterocycles. The lowest BCUT2D eigenvalue weighted by Gasteiger charge is -2.46. The van der Waals surface area contributed by atoms with Gasteiger partial charge >= 0.3 is 0 Å². The number of anilines is 1. The quantitative estimate of drug-likeness (QED) is 0.697. The summed E-state index contributed by atoms with van der Waals surface area (Å²) in [5.41, 5.74) is 4.20. The summed E-state index contributed by atoms with van der Waals surface area (Å²) in [6, 6.07) is 8.63. The number of nitrogens with zero attached hydrogens (tertiary/aromatic N) is 1. The largest absolute Gasteiger partial charge is 0.377 e. The molecule has 0 radical (unpaired) electrons. The van der Waals surface area contributed by atoms with Crippen LogP contribution in [0.4, 0.5) is 11.4 Å². The summed E-state index contributed by atoms with van der Waals surface area (Å²) in [6.45, 7) is 0. The number of hydrogen-bond acceptors (Lipinski definition) is 2. The first kappa shape index (κ1) is 12.4. The van der Waals surface area contributed by atoms with Crippen molar-refractivity contribution >= 4 is 17.1 Å². The van der Waals surface area contributed by atoms with Gasteiger partial charge in [-0.05, 0) is 44.2 Å². The van der Waals surface area contributed by atoms with Gasteiger partial charge in [-0.15, -0.1) is 0 Å². The van der Waals surface area contributed by atoms with Crippen molar-refractivity contribution in [3.8, 4) is 0 Å². The summed E-state index contributed by atoms with van der Waals surface area (Å²) in [6.07, 6.45) is 12.1. The van der Waals surface area contributed by atoms with Crippen molar-refractivity contribution < 1.29 is 0 Å². The molecule has 0 saturated heterocycles. The standard InChI is InChI=1S/C18H24N2/c1-6-12-18(13-7-1)14-8-2-3-9-15(14)19-16-10-4-5-11-17(16)20-18/h4-5,10-11,14,20H,1-3,6-9,12-13H2/t14-/m0/s1. The normalized spacial score (nSPS) is 27.8. The van der Waals surface area contributed by atoms with E-state index in [-0.39, 0.29) is 0 Å². The van der Waals surface area contributed by atoms with Crippen LogP contribution in [-0.2, 0) is 0 Å². The van der Waals surface area contributed by atoms with Gasteiger partial charge in [-0.2, -0.15) is 0 Å². The van der Waals surface area contributed by atoms with E-state index in [1.165, 1.54) is 69.2 Å². The predicted molar refractivity (Wildman–Crippen MR) is 84.9 cm³/mol. The molecule has 1 aromatic carbocycles. The highest BCUT2D eigenvalue weighted by Gasteiger charge is 2.44. The second-order valence-electron chi connectivity index (χ2n) is 6.76. The topological polar surface area (TPSA) is 24.4 Å². The molecular weight excluding hydrogens is 244 g/mol. The van der Waals surface area contributed by atoms with E-state index in [2.05, 4.69) is 29.6 Å². The smallest absolute Gasteiger partial charge is 0.0860 e. The number of fused-ring (bicyclic) bond motifs is 3. The molecule has 0 unspecified atom stereocenters. The summed E-state index contributed by atoms with van der Waals surface area (Å²) in [4.78, 5) is 5.06. The van der Waals surface area contributed by atoms with Crippen molar-refractivity contribution in [3.63, 3.8) is 0 Å². The third kappa shape index (κ3) is 1.97. The first-order valence-electron chi connectivity index (χ1n) is 8.32. The molecule has 2 nitrogen and oxygen atoms in total. The fourth-order valence-corrected chi connectivity index (χ4v) is 4.57. The predicted octanol–water partition coefficient (Wildman–Crippen LogP) is 5.08. The van der Waals surface area contributed by atoms with Gasteiger partial charge in [0.05, 0.1) is 11.4 Å². The van der Waals surface area contributed by atoms with Crippen molar-refractivity contribution in [2.45, 2.75) is 63.3 Å². The lowest BCUT2D eigenvalue weighted by atomic mass is 9.66. The molecule has 4 rings (SSSR count). The number of nitrogens with one attached hydrogen (secondary N) is 1. The summed E-state index contributed by atoms with van der Waals surface area (Å²) in [7, 11) is 0. The first-order chi connectivity index (χ1) is 9.87. The average Bonchev–Trinajstić information content (AvgIpc) is 2.63. The summed E-state index contributed by atoms with van der Waals surface area (Å²) >= 11 is 0. The molecule has 2 heteroatoms. The van der Waals surface area contributed by atoms with Crippen LogP contribution in [0.3, 0.4) is 0 Å². The molecule has 0 amide bonds. The van der Waals surface area contributed by atoms with Crippen LogP contribution in [0, 0.1) is 5.92 Å². The van der Waals surface area contributed by atoms with E-state index in [1.807, 2.05) is 0 Å². The van der Waals surface area contributed by atoms with Gasteiger partial charge in [-0.25, -0.2) is 0 Å². The molecule has 2 aliphatic carbocycles. The van der Waals surface area contributed by atoms with Crippen molar-refractivity contribution in [2.24, 2.45) is 10.9 Å². The Balaban J connectivity index is 1.82. The number of aliphatic imine (C=N–C) groups is 1. The van der Waals surface area contributed by atoms with Crippen molar-refractivity contribution in [2.75, 3.05) is 5.32 Å². The molecule has 0 bridgehead atoms. The van der Waals surface area contributed by atoms with Crippen LogP contribution in [0.1, 0.15) is 57.8 Å². The summed E-state index contributed by atoms with van der Waals surface area (Å²) in [5, 5.41) is 3.96. The van der Waals surface area contributed by atoms with E-state index < -0.39 is 0 Å². The fraction of sp³-hybridized carbons (Fsp3) is 0.611. The maximum Gasteiger partial charge on any atom is 0.0860 e. The van der Waals surface area contributed by atoms with Crippen LogP contribution in [-0.4, -0.2) is 11.3 Å². The maximum atomic E-state index is 5.06. The maximum absolute atomic E-state index is 5.06. The molecule has 1 aromatic rings. The van der Waals surface area contributed by atoms with Gasteiger partial charge in [0.15, 0.2) is 0 Å². The Morgan fingerprint density at radius 2 is 1.85 bits per heavy atom. The average molecular weight is 268 g/mol. The minimum absolute atomic E-state index is 0.296. The van der Waals surface area contributed by atoms with Crippen LogP contribution >= 0.6 is 0 Å². The lowest BCUT2D eigenvalue weighted by molar-refractivity contribution is 0.246. The molecule has 20 heavy (non-hydrogen) atoms. The van der Waals surface area contributed by atoms with Gasteiger partial charge in [-0.1, -0.05) is 37.8 Å². The van der Waals surface area contributed by atoms with E-state index >= 15 is 0 Å². The lowest BCUT2D eigenvalue weighted by Crippen LogP contribution is -2.50. The van der Waals surface area contributed by atoms with E-state index in [0.717, 1.165) is 5.69 Å². The van der Waals surface area contributed by atoms with Gasteiger partial charge < -0.3 is 5.32 Å². The highest BCUT2D eigenvalue weighted by molar-refractivity contribution is 5.94. The monoisotopic (exact) mass is 268 g/mol. The Morgan fingerprint density at radius 1 is 1.00 bits per heavy atom. The number of benzene rings is 1. The van der Waals surface area contributed by atoms with Crippen molar-refractivity contribution in [1.29, 1.82) is 0 Å². The Bertz CT molecular complexity index is 526. The second kappa shape index (κ2) is 4.91. The van der Waals surface area contributed by atoms with Crippen LogP contribution in [0.15, 0.2) is 29.3 Å². The summed E-state index contributed by atoms with van der Waals surface area (Å²) < 4.78 is 0. The Labute approximate surface area is 121 Å². The summed E-state index contributed by atoms with van der Waals surface area (Å²) in [5.74, 6) is 0.670. The van der Waals surface area contributed by atoms with E-state index in [4.69, 9.17) is 4.99 Å². The van der Waals surface area contributed by atoms with E-state index in [0.29, 0.717) is 11.5 Å².